The van der Waals surface area contributed by atoms with Crippen molar-refractivity contribution in [2.75, 3.05) is 5.32 Å². The maximum Gasteiger partial charge on any atom is 0.319 e. The van der Waals surface area contributed by atoms with E-state index in [-0.39, 0.29) is 0 Å². The lowest BCUT2D eigenvalue weighted by atomic mass is 10.0. The van der Waals surface area contributed by atoms with Gasteiger partial charge in [0.1, 0.15) is 0 Å². The fraction of sp³-hybridized carbons (Fsp3) is 0.429. The molecule has 0 saturated heterocycles. The molecule has 0 spiro atoms. The highest BCUT2D eigenvalue weighted by atomic mass is 16.4. The third-order valence-corrected chi connectivity index (χ3v) is 3.35. The number of carboxylic acids is 1. The minimum absolute atomic E-state index is 0.394. The van der Waals surface area contributed by atoms with Gasteiger partial charge in [0.2, 0.25) is 0 Å². The fourth-order valence-electron chi connectivity index (χ4n) is 1.59. The van der Waals surface area contributed by atoms with E-state index in [4.69, 9.17) is 5.11 Å². The molecule has 0 aliphatic heterocycles. The number of carbonyl (C=O) groups is 2. The maximum atomic E-state index is 11.8. The van der Waals surface area contributed by atoms with E-state index in [1.807, 2.05) is 32.0 Å². The molecule has 1 aromatic carbocycles. The van der Waals surface area contributed by atoms with Gasteiger partial charge in [0.15, 0.2) is 0 Å². The molecule has 0 aliphatic rings. The van der Waals surface area contributed by atoms with Gasteiger partial charge in [0.25, 0.3) is 0 Å². The molecule has 0 heterocycles. The molecule has 1 rings (SSSR count). The molecule has 1 aromatic rings. The number of carboxylic acid groups (broad SMARTS) is 1. The summed E-state index contributed by atoms with van der Waals surface area (Å²) in [5.41, 5.74) is 2.81. The Labute approximate surface area is 113 Å². The Bertz CT molecular complexity index is 486. The van der Waals surface area contributed by atoms with Crippen LogP contribution in [-0.4, -0.2) is 23.1 Å². The first-order valence-electron chi connectivity index (χ1n) is 6.19. The van der Waals surface area contributed by atoms with E-state index < -0.39 is 24.0 Å². The molecule has 3 N–H and O–H groups in total. The van der Waals surface area contributed by atoms with Crippen LogP contribution in [0.2, 0.25) is 0 Å². The molecule has 0 aliphatic carbocycles. The third-order valence-electron chi connectivity index (χ3n) is 3.35. The van der Waals surface area contributed by atoms with E-state index in [1.165, 1.54) is 0 Å². The summed E-state index contributed by atoms with van der Waals surface area (Å²) in [4.78, 5) is 22.6. The monoisotopic (exact) mass is 264 g/mol. The molecule has 2 atom stereocenters. The van der Waals surface area contributed by atoms with E-state index in [2.05, 4.69) is 10.6 Å². The Kier molecular flexibility index (Phi) is 4.92. The Morgan fingerprint density at radius 2 is 1.84 bits per heavy atom. The number of nitrogens with one attached hydrogen (secondary N) is 2. The number of hydrogen-bond acceptors (Lipinski definition) is 2. The zero-order chi connectivity index (χ0) is 14.6. The molecule has 0 fully saturated rings. The second-order valence-electron chi connectivity index (χ2n) is 4.76. The Balaban J connectivity index is 2.66. The molecular weight excluding hydrogens is 244 g/mol. The van der Waals surface area contributed by atoms with Gasteiger partial charge in [0, 0.05) is 11.7 Å². The van der Waals surface area contributed by atoms with Gasteiger partial charge in [-0.25, -0.2) is 4.79 Å². The SMILES string of the molecule is Cc1cccc(NC(=O)NC(C)C(C)C(=O)O)c1C. The Morgan fingerprint density at radius 3 is 2.42 bits per heavy atom. The lowest BCUT2D eigenvalue weighted by molar-refractivity contribution is -0.141. The minimum Gasteiger partial charge on any atom is -0.481 e. The van der Waals surface area contributed by atoms with Gasteiger partial charge >= 0.3 is 12.0 Å². The highest BCUT2D eigenvalue weighted by Crippen LogP contribution is 2.17. The average molecular weight is 264 g/mol. The highest BCUT2D eigenvalue weighted by Gasteiger charge is 2.21. The van der Waals surface area contributed by atoms with Crippen molar-refractivity contribution in [1.29, 1.82) is 0 Å². The average Bonchev–Trinajstić information content (AvgIpc) is 2.33. The van der Waals surface area contributed by atoms with Crippen molar-refractivity contribution in [2.24, 2.45) is 5.92 Å². The summed E-state index contributed by atoms with van der Waals surface area (Å²) < 4.78 is 0. The van der Waals surface area contributed by atoms with E-state index in [9.17, 15) is 9.59 Å². The van der Waals surface area contributed by atoms with Crippen molar-refractivity contribution in [3.05, 3.63) is 29.3 Å². The van der Waals surface area contributed by atoms with Crippen LogP contribution in [0.1, 0.15) is 25.0 Å². The van der Waals surface area contributed by atoms with Crippen molar-refractivity contribution < 1.29 is 14.7 Å². The summed E-state index contributed by atoms with van der Waals surface area (Å²) in [5.74, 6) is -1.57. The van der Waals surface area contributed by atoms with Crippen molar-refractivity contribution in [3.8, 4) is 0 Å². The van der Waals surface area contributed by atoms with Crippen LogP contribution in [0.5, 0.6) is 0 Å². The van der Waals surface area contributed by atoms with E-state index in [0.717, 1.165) is 16.8 Å². The molecule has 0 saturated carbocycles. The Morgan fingerprint density at radius 1 is 1.21 bits per heavy atom. The molecule has 0 radical (unpaired) electrons. The summed E-state index contributed by atoms with van der Waals surface area (Å²) >= 11 is 0. The topological polar surface area (TPSA) is 78.4 Å². The van der Waals surface area contributed by atoms with Crippen molar-refractivity contribution in [3.63, 3.8) is 0 Å². The molecule has 104 valence electrons. The second kappa shape index (κ2) is 6.22. The van der Waals surface area contributed by atoms with Gasteiger partial charge in [-0.05, 0) is 44.9 Å². The largest absolute Gasteiger partial charge is 0.481 e. The molecule has 5 nitrogen and oxygen atoms in total. The summed E-state index contributed by atoms with van der Waals surface area (Å²) in [6, 6.07) is 4.80. The first kappa shape index (κ1) is 15.0. The van der Waals surface area contributed by atoms with Crippen LogP contribution in [-0.2, 0) is 4.79 Å². The van der Waals surface area contributed by atoms with Crippen LogP contribution in [0.3, 0.4) is 0 Å². The number of urea groups is 1. The van der Waals surface area contributed by atoms with Gasteiger partial charge in [-0.1, -0.05) is 12.1 Å². The number of carbonyl (C=O) groups excluding carboxylic acids is 1. The van der Waals surface area contributed by atoms with Gasteiger partial charge in [-0.15, -0.1) is 0 Å². The normalized spacial score (nSPS) is 13.5. The standard InChI is InChI=1S/C14H20N2O3/c1-8-6-5-7-12(9(8)2)16-14(19)15-11(4)10(3)13(17)18/h5-7,10-11H,1-4H3,(H,17,18)(H2,15,16,19). The van der Waals surface area contributed by atoms with E-state index in [0.29, 0.717) is 0 Å². The van der Waals surface area contributed by atoms with Gasteiger partial charge in [-0.3, -0.25) is 4.79 Å². The van der Waals surface area contributed by atoms with Crippen LogP contribution in [0.25, 0.3) is 0 Å². The summed E-state index contributed by atoms with van der Waals surface area (Å²) in [6.07, 6.45) is 0. The van der Waals surface area contributed by atoms with Crippen LogP contribution >= 0.6 is 0 Å². The third kappa shape index (κ3) is 3.98. The molecule has 19 heavy (non-hydrogen) atoms. The molecule has 0 aromatic heterocycles. The number of amides is 2. The second-order valence-corrected chi connectivity index (χ2v) is 4.76. The van der Waals surface area contributed by atoms with Crippen LogP contribution in [0.4, 0.5) is 10.5 Å². The number of rotatable bonds is 4. The predicted molar refractivity (Wildman–Crippen MR) is 74.3 cm³/mol. The summed E-state index contributed by atoms with van der Waals surface area (Å²) in [5, 5.41) is 14.2. The molecule has 2 amide bonds. The lowest BCUT2D eigenvalue weighted by Gasteiger charge is -2.19. The van der Waals surface area contributed by atoms with Crippen LogP contribution in [0.15, 0.2) is 18.2 Å². The van der Waals surface area contributed by atoms with Crippen molar-refractivity contribution in [1.82, 2.24) is 5.32 Å². The Hall–Kier alpha value is -2.04. The molecule has 0 bridgehead atoms. The predicted octanol–water partition coefficient (Wildman–Crippen LogP) is 2.53. The molecule has 2 unspecified atom stereocenters. The van der Waals surface area contributed by atoms with Gasteiger partial charge < -0.3 is 15.7 Å². The summed E-state index contributed by atoms with van der Waals surface area (Å²) in [6.45, 7) is 7.12. The molecular formula is C14H20N2O3. The zero-order valence-electron chi connectivity index (χ0n) is 11.7. The summed E-state index contributed by atoms with van der Waals surface area (Å²) in [7, 11) is 0. The van der Waals surface area contributed by atoms with Crippen LogP contribution < -0.4 is 10.6 Å². The first-order valence-corrected chi connectivity index (χ1v) is 6.19. The highest BCUT2D eigenvalue weighted by molar-refractivity contribution is 5.90. The first-order chi connectivity index (χ1) is 8.82. The maximum absolute atomic E-state index is 11.8. The fourth-order valence-corrected chi connectivity index (χ4v) is 1.59. The number of benzene rings is 1. The quantitative estimate of drug-likeness (QED) is 0.782. The molecule has 5 heteroatoms. The number of aryl methyl sites for hydroxylation is 1. The number of hydrogen-bond donors (Lipinski definition) is 3. The number of aliphatic carboxylic acids is 1. The van der Waals surface area contributed by atoms with Crippen molar-refractivity contribution >= 4 is 17.7 Å². The lowest BCUT2D eigenvalue weighted by Crippen LogP contribution is -2.42. The number of anilines is 1. The van der Waals surface area contributed by atoms with Gasteiger partial charge in [0.05, 0.1) is 5.92 Å². The van der Waals surface area contributed by atoms with E-state index >= 15 is 0 Å². The van der Waals surface area contributed by atoms with E-state index in [1.54, 1.807) is 13.8 Å². The minimum atomic E-state index is -0.931. The van der Waals surface area contributed by atoms with Crippen molar-refractivity contribution in [2.45, 2.75) is 33.7 Å². The smallest absolute Gasteiger partial charge is 0.319 e. The zero-order valence-corrected chi connectivity index (χ0v) is 11.7. The van der Waals surface area contributed by atoms with Crippen LogP contribution in [0, 0.1) is 19.8 Å². The van der Waals surface area contributed by atoms with Gasteiger partial charge in [-0.2, -0.15) is 0 Å².